The van der Waals surface area contributed by atoms with E-state index in [0.29, 0.717) is 0 Å². The molecule has 0 aromatic rings. The van der Waals surface area contributed by atoms with Crippen molar-refractivity contribution < 1.29 is 14.4 Å². The predicted octanol–water partition coefficient (Wildman–Crippen LogP) is -0.479. The topological polar surface area (TPSA) is 83.7 Å². The van der Waals surface area contributed by atoms with Crippen molar-refractivity contribution in [3.8, 4) is 0 Å². The van der Waals surface area contributed by atoms with Crippen molar-refractivity contribution in [3.05, 3.63) is 25.3 Å². The highest BCUT2D eigenvalue weighted by atomic mass is 16.2. The first-order valence-electron chi connectivity index (χ1n) is 5.52. The van der Waals surface area contributed by atoms with Crippen molar-refractivity contribution in [2.45, 2.75) is 6.92 Å². The minimum Gasteiger partial charge on any atom is -0.329 e. The zero-order valence-electron chi connectivity index (χ0n) is 10.6. The van der Waals surface area contributed by atoms with Gasteiger partial charge < -0.3 is 10.6 Å². The normalized spacial score (nSPS) is 9.44. The molecule has 0 aromatic heterocycles. The minimum absolute atomic E-state index is 0.0237. The molecule has 3 amide bonds. The molecule has 0 aliphatic rings. The highest BCUT2D eigenvalue weighted by Gasteiger charge is 2.27. The lowest BCUT2D eigenvalue weighted by Crippen LogP contribution is -2.48. The van der Waals surface area contributed by atoms with Crippen molar-refractivity contribution in [2.75, 3.05) is 26.2 Å². The van der Waals surface area contributed by atoms with Crippen molar-refractivity contribution in [3.63, 3.8) is 0 Å². The summed E-state index contributed by atoms with van der Waals surface area (Å²) in [7, 11) is 0. The van der Waals surface area contributed by atoms with Crippen LogP contribution in [0, 0.1) is 0 Å². The van der Waals surface area contributed by atoms with Gasteiger partial charge in [0, 0.05) is 33.1 Å². The van der Waals surface area contributed by atoms with Gasteiger partial charge in [-0.3, -0.25) is 19.3 Å². The second kappa shape index (κ2) is 8.19. The molecule has 0 aliphatic carbocycles. The summed E-state index contributed by atoms with van der Waals surface area (Å²) in [5.41, 5.74) is 5.30. The molecular formula is C12H19N3O3. The monoisotopic (exact) mass is 253 g/mol. The lowest BCUT2D eigenvalue weighted by molar-refractivity contribution is -0.155. The second-order valence-corrected chi connectivity index (χ2v) is 3.55. The number of amides is 3. The fourth-order valence-corrected chi connectivity index (χ4v) is 1.33. The van der Waals surface area contributed by atoms with E-state index in [2.05, 4.69) is 13.2 Å². The van der Waals surface area contributed by atoms with Crippen molar-refractivity contribution in [1.29, 1.82) is 0 Å². The SMILES string of the molecule is C=CCN(CC=C)C(=O)C(=O)N(CCN)C(C)=O. The summed E-state index contributed by atoms with van der Waals surface area (Å²) in [6.07, 6.45) is 2.99. The number of imide groups is 1. The van der Waals surface area contributed by atoms with Gasteiger partial charge in [-0.2, -0.15) is 0 Å². The Labute approximate surface area is 107 Å². The highest BCUT2D eigenvalue weighted by Crippen LogP contribution is 1.98. The van der Waals surface area contributed by atoms with Gasteiger partial charge in [-0.05, 0) is 0 Å². The Morgan fingerprint density at radius 2 is 1.61 bits per heavy atom. The van der Waals surface area contributed by atoms with E-state index < -0.39 is 17.7 Å². The van der Waals surface area contributed by atoms with Gasteiger partial charge in [-0.1, -0.05) is 12.2 Å². The fraction of sp³-hybridized carbons (Fsp3) is 0.417. The Bertz CT molecular complexity index is 342. The van der Waals surface area contributed by atoms with Gasteiger partial charge in [-0.25, -0.2) is 0 Å². The van der Waals surface area contributed by atoms with Crippen molar-refractivity contribution in [1.82, 2.24) is 9.80 Å². The summed E-state index contributed by atoms with van der Waals surface area (Å²) in [6, 6.07) is 0. The first-order valence-corrected chi connectivity index (χ1v) is 5.52. The van der Waals surface area contributed by atoms with E-state index in [1.54, 1.807) is 0 Å². The van der Waals surface area contributed by atoms with Crippen molar-refractivity contribution >= 4 is 17.7 Å². The third-order valence-electron chi connectivity index (χ3n) is 2.15. The van der Waals surface area contributed by atoms with Gasteiger partial charge in [0.15, 0.2) is 0 Å². The Morgan fingerprint density at radius 1 is 1.11 bits per heavy atom. The van der Waals surface area contributed by atoms with Crippen LogP contribution in [0.15, 0.2) is 25.3 Å². The minimum atomic E-state index is -0.878. The standard InChI is InChI=1S/C12H19N3O3/c1-4-7-14(8-5-2)11(17)12(18)15(9-6-13)10(3)16/h4-5H,1-2,6-9,13H2,3H3. The third kappa shape index (κ3) is 4.50. The number of hydrogen-bond donors (Lipinski definition) is 1. The predicted molar refractivity (Wildman–Crippen MR) is 68.4 cm³/mol. The number of nitrogens with two attached hydrogens (primary N) is 1. The molecule has 0 fully saturated rings. The van der Waals surface area contributed by atoms with Gasteiger partial charge in [0.1, 0.15) is 0 Å². The molecule has 0 unspecified atom stereocenters. The molecular weight excluding hydrogens is 234 g/mol. The van der Waals surface area contributed by atoms with Crippen LogP contribution in [0.2, 0.25) is 0 Å². The van der Waals surface area contributed by atoms with Gasteiger partial charge >= 0.3 is 11.8 Å². The average molecular weight is 253 g/mol. The number of rotatable bonds is 6. The van der Waals surface area contributed by atoms with E-state index in [1.807, 2.05) is 0 Å². The Kier molecular flexibility index (Phi) is 7.30. The molecule has 0 atom stereocenters. The highest BCUT2D eigenvalue weighted by molar-refractivity contribution is 6.37. The van der Waals surface area contributed by atoms with Crippen LogP contribution in [-0.4, -0.2) is 53.7 Å². The molecule has 6 nitrogen and oxygen atoms in total. The summed E-state index contributed by atoms with van der Waals surface area (Å²) < 4.78 is 0. The molecule has 0 saturated carbocycles. The van der Waals surface area contributed by atoms with Crippen molar-refractivity contribution in [2.24, 2.45) is 5.73 Å². The second-order valence-electron chi connectivity index (χ2n) is 3.55. The van der Waals surface area contributed by atoms with Gasteiger partial charge in [-0.15, -0.1) is 13.2 Å². The zero-order valence-corrected chi connectivity index (χ0v) is 10.6. The molecule has 0 aliphatic heterocycles. The van der Waals surface area contributed by atoms with Crippen LogP contribution in [0.3, 0.4) is 0 Å². The van der Waals surface area contributed by atoms with Gasteiger partial charge in [0.25, 0.3) is 0 Å². The number of carbonyl (C=O) groups excluding carboxylic acids is 3. The Hall–Kier alpha value is -1.95. The van der Waals surface area contributed by atoms with Gasteiger partial charge in [0.05, 0.1) is 0 Å². The van der Waals surface area contributed by atoms with E-state index in [4.69, 9.17) is 5.73 Å². The average Bonchev–Trinajstić information content (AvgIpc) is 2.33. The van der Waals surface area contributed by atoms with E-state index in [9.17, 15) is 14.4 Å². The zero-order chi connectivity index (χ0) is 14.1. The van der Waals surface area contributed by atoms with Crippen LogP contribution in [-0.2, 0) is 14.4 Å². The van der Waals surface area contributed by atoms with Crippen LogP contribution in [0.1, 0.15) is 6.92 Å². The first-order chi connectivity index (χ1) is 8.49. The smallest absolute Gasteiger partial charge is 0.318 e. The van der Waals surface area contributed by atoms with E-state index in [-0.39, 0.29) is 26.2 Å². The van der Waals surface area contributed by atoms with Gasteiger partial charge in [0.2, 0.25) is 5.91 Å². The van der Waals surface area contributed by atoms with Crippen LogP contribution in [0.4, 0.5) is 0 Å². The quantitative estimate of drug-likeness (QED) is 0.512. The van der Waals surface area contributed by atoms with E-state index in [0.717, 1.165) is 4.90 Å². The summed E-state index contributed by atoms with van der Waals surface area (Å²) in [6.45, 7) is 8.78. The fourth-order valence-electron chi connectivity index (χ4n) is 1.33. The number of nitrogens with zero attached hydrogens (tertiary/aromatic N) is 2. The van der Waals surface area contributed by atoms with Crippen LogP contribution in [0.5, 0.6) is 0 Å². The number of carbonyl (C=O) groups is 3. The molecule has 0 rings (SSSR count). The molecule has 6 heteroatoms. The molecule has 0 aromatic carbocycles. The maximum atomic E-state index is 11.9. The van der Waals surface area contributed by atoms with Crippen LogP contribution < -0.4 is 5.73 Å². The molecule has 2 N–H and O–H groups in total. The number of hydrogen-bond acceptors (Lipinski definition) is 4. The Balaban J connectivity index is 4.90. The van der Waals surface area contributed by atoms with E-state index in [1.165, 1.54) is 24.0 Å². The first kappa shape index (κ1) is 16.1. The molecule has 0 bridgehead atoms. The molecule has 0 heterocycles. The summed E-state index contributed by atoms with van der Waals surface area (Å²) in [4.78, 5) is 37.1. The summed E-state index contributed by atoms with van der Waals surface area (Å²) in [5.74, 6) is -2.15. The van der Waals surface area contributed by atoms with Crippen LogP contribution >= 0.6 is 0 Å². The lowest BCUT2D eigenvalue weighted by Gasteiger charge is -2.23. The Morgan fingerprint density at radius 3 is 1.94 bits per heavy atom. The molecule has 100 valence electrons. The summed E-state index contributed by atoms with van der Waals surface area (Å²) >= 11 is 0. The molecule has 0 saturated heterocycles. The molecule has 0 spiro atoms. The largest absolute Gasteiger partial charge is 0.329 e. The van der Waals surface area contributed by atoms with Crippen LogP contribution in [0.25, 0.3) is 0 Å². The lowest BCUT2D eigenvalue weighted by atomic mass is 10.3. The molecule has 0 radical (unpaired) electrons. The molecule has 18 heavy (non-hydrogen) atoms. The third-order valence-corrected chi connectivity index (χ3v) is 2.15. The maximum absolute atomic E-state index is 11.9. The maximum Gasteiger partial charge on any atom is 0.318 e. The summed E-state index contributed by atoms with van der Waals surface area (Å²) in [5, 5.41) is 0. The van der Waals surface area contributed by atoms with E-state index >= 15 is 0 Å².